The summed E-state index contributed by atoms with van der Waals surface area (Å²) in [6.45, 7) is 5.20. The van der Waals surface area contributed by atoms with Gasteiger partial charge in [-0.3, -0.25) is 4.79 Å². The van der Waals surface area contributed by atoms with Crippen molar-refractivity contribution in [1.29, 1.82) is 0 Å². The number of hydrogen-bond donors (Lipinski definition) is 1. The largest absolute Gasteiger partial charge is 0.392 e. The first-order valence-corrected chi connectivity index (χ1v) is 3.82. The van der Waals surface area contributed by atoms with Gasteiger partial charge in [0.25, 0.3) is 0 Å². The highest BCUT2D eigenvalue weighted by molar-refractivity contribution is 5.87. The highest BCUT2D eigenvalue weighted by atomic mass is 16.2. The Labute approximate surface area is 67.3 Å². The van der Waals surface area contributed by atoms with Crippen molar-refractivity contribution in [1.82, 2.24) is 4.90 Å². The van der Waals surface area contributed by atoms with E-state index in [0.29, 0.717) is 13.1 Å². The minimum atomic E-state index is -0.0764. The Balaban J connectivity index is 3.88. The van der Waals surface area contributed by atoms with Crippen LogP contribution < -0.4 is 0 Å². The Bertz CT molecular complexity index is 139. The van der Waals surface area contributed by atoms with Gasteiger partial charge in [-0.15, -0.1) is 0 Å². The van der Waals surface area contributed by atoms with Crippen LogP contribution in [0.3, 0.4) is 0 Å². The lowest BCUT2D eigenvalue weighted by atomic mass is 10.4. The fraction of sp³-hybridized carbons (Fsp3) is 0.625. The molecule has 0 aromatic heterocycles. The Kier molecular flexibility index (Phi) is 5.47. The molecule has 0 bridgehead atoms. The van der Waals surface area contributed by atoms with Crippen molar-refractivity contribution in [3.8, 4) is 0 Å². The summed E-state index contributed by atoms with van der Waals surface area (Å²) in [7, 11) is 0. The normalized spacial score (nSPS) is 10.5. The zero-order valence-corrected chi connectivity index (χ0v) is 7.08. The van der Waals surface area contributed by atoms with Crippen molar-refractivity contribution in [3.63, 3.8) is 0 Å². The molecule has 0 radical (unpaired) electrons. The Morgan fingerprint density at radius 3 is 2.36 bits per heavy atom. The van der Waals surface area contributed by atoms with Crippen molar-refractivity contribution in [3.05, 3.63) is 12.2 Å². The van der Waals surface area contributed by atoms with E-state index < -0.39 is 0 Å². The quantitative estimate of drug-likeness (QED) is 0.600. The number of rotatable bonds is 4. The number of aliphatic hydroxyl groups excluding tert-OH is 1. The van der Waals surface area contributed by atoms with Crippen LogP contribution in [-0.4, -0.2) is 35.6 Å². The summed E-state index contributed by atoms with van der Waals surface area (Å²) >= 11 is 0. The van der Waals surface area contributed by atoms with Gasteiger partial charge in [0.15, 0.2) is 0 Å². The van der Waals surface area contributed by atoms with E-state index in [2.05, 4.69) is 0 Å². The number of hydrogen-bond acceptors (Lipinski definition) is 2. The Morgan fingerprint density at radius 2 is 2.00 bits per heavy atom. The summed E-state index contributed by atoms with van der Waals surface area (Å²) < 4.78 is 0. The molecule has 0 unspecified atom stereocenters. The highest BCUT2D eigenvalue weighted by Crippen LogP contribution is 1.89. The molecule has 0 saturated carbocycles. The number of nitrogens with zero attached hydrogens (tertiary/aromatic N) is 1. The summed E-state index contributed by atoms with van der Waals surface area (Å²) in [6, 6.07) is 0. The summed E-state index contributed by atoms with van der Waals surface area (Å²) in [5, 5.41) is 8.38. The van der Waals surface area contributed by atoms with E-state index in [1.54, 1.807) is 4.90 Å². The summed E-state index contributed by atoms with van der Waals surface area (Å²) in [6.07, 6.45) is 2.84. The van der Waals surface area contributed by atoms with Gasteiger partial charge in [0.1, 0.15) is 0 Å². The lowest BCUT2D eigenvalue weighted by Crippen LogP contribution is -2.28. The molecule has 3 heteroatoms. The second kappa shape index (κ2) is 5.92. The van der Waals surface area contributed by atoms with Crippen molar-refractivity contribution in [2.45, 2.75) is 13.8 Å². The highest BCUT2D eigenvalue weighted by Gasteiger charge is 2.03. The number of carbonyl (C=O) groups excluding carboxylic acids is 1. The molecule has 1 N–H and O–H groups in total. The van der Waals surface area contributed by atoms with Crippen molar-refractivity contribution in [2.75, 3.05) is 19.7 Å². The molecule has 0 aliphatic heterocycles. The van der Waals surface area contributed by atoms with E-state index in [4.69, 9.17) is 5.11 Å². The van der Waals surface area contributed by atoms with Crippen LogP contribution in [-0.2, 0) is 4.79 Å². The average molecular weight is 157 g/mol. The molecule has 0 aromatic rings. The second-order valence-corrected chi connectivity index (χ2v) is 2.10. The van der Waals surface area contributed by atoms with Crippen LogP contribution in [0.25, 0.3) is 0 Å². The number of amides is 1. The fourth-order valence-electron chi connectivity index (χ4n) is 0.794. The van der Waals surface area contributed by atoms with E-state index in [1.807, 2.05) is 13.8 Å². The molecule has 0 rings (SSSR count). The lowest BCUT2D eigenvalue weighted by molar-refractivity contribution is -0.125. The smallest absolute Gasteiger partial charge is 0.246 e. The van der Waals surface area contributed by atoms with Crippen LogP contribution in [0, 0.1) is 0 Å². The Hall–Kier alpha value is -0.830. The summed E-state index contributed by atoms with van der Waals surface area (Å²) in [4.78, 5) is 12.8. The first-order valence-electron chi connectivity index (χ1n) is 3.82. The van der Waals surface area contributed by atoms with Gasteiger partial charge in [0.2, 0.25) is 5.91 Å². The topological polar surface area (TPSA) is 40.5 Å². The molecule has 64 valence electrons. The summed E-state index contributed by atoms with van der Waals surface area (Å²) in [5.74, 6) is -0.0379. The van der Waals surface area contributed by atoms with Gasteiger partial charge in [-0.05, 0) is 13.8 Å². The molecule has 3 nitrogen and oxygen atoms in total. The third kappa shape index (κ3) is 3.78. The van der Waals surface area contributed by atoms with E-state index in [1.165, 1.54) is 12.2 Å². The maximum atomic E-state index is 11.1. The number of carbonyl (C=O) groups is 1. The standard InChI is InChI=1S/C8H15NO2/c1-3-9(4-2)8(11)6-5-7-10/h5-6,10H,3-4,7H2,1-2H3/b6-5+. The molecule has 1 amide bonds. The van der Waals surface area contributed by atoms with Crippen LogP contribution in [0.5, 0.6) is 0 Å². The molecule has 0 aromatic carbocycles. The van der Waals surface area contributed by atoms with Gasteiger partial charge < -0.3 is 10.0 Å². The van der Waals surface area contributed by atoms with Crippen LogP contribution in [0.4, 0.5) is 0 Å². The SMILES string of the molecule is CCN(CC)C(=O)/C=C/CO. The summed E-state index contributed by atoms with van der Waals surface area (Å²) in [5.41, 5.74) is 0. The Morgan fingerprint density at radius 1 is 1.45 bits per heavy atom. The van der Waals surface area contributed by atoms with Crippen LogP contribution in [0.15, 0.2) is 12.2 Å². The second-order valence-electron chi connectivity index (χ2n) is 2.10. The van der Waals surface area contributed by atoms with Crippen molar-refractivity contribution < 1.29 is 9.90 Å². The van der Waals surface area contributed by atoms with Crippen molar-refractivity contribution in [2.24, 2.45) is 0 Å². The van der Waals surface area contributed by atoms with Crippen LogP contribution >= 0.6 is 0 Å². The predicted octanol–water partition coefficient (Wildman–Crippen LogP) is 0.403. The minimum absolute atomic E-state index is 0.0379. The van der Waals surface area contributed by atoms with Gasteiger partial charge in [0.05, 0.1) is 6.61 Å². The van der Waals surface area contributed by atoms with Crippen LogP contribution in [0.1, 0.15) is 13.8 Å². The zero-order valence-electron chi connectivity index (χ0n) is 7.08. The predicted molar refractivity (Wildman–Crippen MR) is 44.2 cm³/mol. The molecular weight excluding hydrogens is 142 g/mol. The van der Waals surface area contributed by atoms with Gasteiger partial charge in [-0.25, -0.2) is 0 Å². The van der Waals surface area contributed by atoms with E-state index in [-0.39, 0.29) is 12.5 Å². The van der Waals surface area contributed by atoms with Gasteiger partial charge >= 0.3 is 0 Å². The van der Waals surface area contributed by atoms with Gasteiger partial charge in [-0.1, -0.05) is 6.08 Å². The first kappa shape index (κ1) is 10.2. The molecule has 11 heavy (non-hydrogen) atoms. The molecular formula is C8H15NO2. The third-order valence-electron chi connectivity index (χ3n) is 1.44. The molecule has 0 spiro atoms. The van der Waals surface area contributed by atoms with E-state index >= 15 is 0 Å². The lowest BCUT2D eigenvalue weighted by Gasteiger charge is -2.15. The molecule has 0 aliphatic rings. The zero-order chi connectivity index (χ0) is 8.69. The molecule has 0 saturated heterocycles. The van der Waals surface area contributed by atoms with Gasteiger partial charge in [-0.2, -0.15) is 0 Å². The average Bonchev–Trinajstić information content (AvgIpc) is 2.03. The first-order chi connectivity index (χ1) is 5.26. The number of aliphatic hydroxyl groups is 1. The van der Waals surface area contributed by atoms with E-state index in [9.17, 15) is 4.79 Å². The van der Waals surface area contributed by atoms with Crippen LogP contribution in [0.2, 0.25) is 0 Å². The van der Waals surface area contributed by atoms with Gasteiger partial charge in [0, 0.05) is 19.2 Å². The van der Waals surface area contributed by atoms with E-state index in [0.717, 1.165) is 0 Å². The maximum Gasteiger partial charge on any atom is 0.246 e. The fourth-order valence-corrected chi connectivity index (χ4v) is 0.794. The molecule has 0 atom stereocenters. The van der Waals surface area contributed by atoms with Crippen molar-refractivity contribution >= 4 is 5.91 Å². The monoisotopic (exact) mass is 157 g/mol. The molecule has 0 heterocycles. The maximum absolute atomic E-state index is 11.1. The minimum Gasteiger partial charge on any atom is -0.392 e. The number of likely N-dealkylation sites (N-methyl/N-ethyl adjacent to an activating group) is 1. The molecule has 0 fully saturated rings. The third-order valence-corrected chi connectivity index (χ3v) is 1.44. The molecule has 0 aliphatic carbocycles.